The maximum absolute atomic E-state index is 6.27. The molecule has 1 saturated carbocycles. The average Bonchev–Trinajstić information content (AvgIpc) is 2.85. The van der Waals surface area contributed by atoms with Crippen molar-refractivity contribution in [1.29, 1.82) is 0 Å². The van der Waals surface area contributed by atoms with E-state index in [9.17, 15) is 0 Å². The van der Waals surface area contributed by atoms with Crippen molar-refractivity contribution in [3.63, 3.8) is 0 Å². The van der Waals surface area contributed by atoms with Gasteiger partial charge in [-0.05, 0) is 42.9 Å². The molecule has 0 amide bonds. The smallest absolute Gasteiger partial charge is 0.234 e. The third-order valence-corrected chi connectivity index (χ3v) is 4.51. The van der Waals surface area contributed by atoms with Crippen molar-refractivity contribution in [2.45, 2.75) is 44.6 Å². The first-order valence-corrected chi connectivity index (χ1v) is 7.76. The van der Waals surface area contributed by atoms with Crippen molar-refractivity contribution in [2.24, 2.45) is 11.7 Å². The van der Waals surface area contributed by atoms with Crippen molar-refractivity contribution in [3.8, 4) is 0 Å². The first-order valence-electron chi connectivity index (χ1n) is 7.38. The van der Waals surface area contributed by atoms with E-state index in [4.69, 9.17) is 21.9 Å². The predicted molar refractivity (Wildman–Crippen MR) is 82.1 cm³/mol. The van der Waals surface area contributed by atoms with Crippen LogP contribution in [0.3, 0.4) is 0 Å². The van der Waals surface area contributed by atoms with Crippen LogP contribution >= 0.6 is 11.6 Å². The lowest BCUT2D eigenvalue weighted by molar-refractivity contribution is 0.228. The summed E-state index contributed by atoms with van der Waals surface area (Å²) in [4.78, 5) is 4.59. The van der Waals surface area contributed by atoms with E-state index >= 15 is 0 Å². The molecule has 112 valence electrons. The van der Waals surface area contributed by atoms with E-state index in [0.29, 0.717) is 22.7 Å². The molecule has 1 aromatic heterocycles. The Kier molecular flexibility index (Phi) is 3.76. The van der Waals surface area contributed by atoms with Gasteiger partial charge in [0.2, 0.25) is 5.89 Å². The summed E-state index contributed by atoms with van der Waals surface area (Å²) in [7, 11) is 0. The van der Waals surface area contributed by atoms with Crippen LogP contribution in [0.2, 0.25) is 5.02 Å². The van der Waals surface area contributed by atoms with Crippen LogP contribution in [0.1, 0.15) is 56.3 Å². The van der Waals surface area contributed by atoms with E-state index in [1.165, 1.54) is 0 Å². The van der Waals surface area contributed by atoms with Crippen molar-refractivity contribution < 1.29 is 4.52 Å². The van der Waals surface area contributed by atoms with E-state index in [1.807, 2.05) is 24.3 Å². The fraction of sp³-hybridized carbons (Fsp3) is 0.500. The number of rotatable bonds is 4. The third-order valence-electron chi connectivity index (χ3n) is 4.27. The highest BCUT2D eigenvalue weighted by Crippen LogP contribution is 2.39. The molecule has 21 heavy (non-hydrogen) atoms. The summed E-state index contributed by atoms with van der Waals surface area (Å²) in [6.45, 7) is 4.27. The molecule has 1 aliphatic carbocycles. The van der Waals surface area contributed by atoms with Crippen molar-refractivity contribution in [1.82, 2.24) is 10.1 Å². The summed E-state index contributed by atoms with van der Waals surface area (Å²) in [6, 6.07) is 7.81. The van der Waals surface area contributed by atoms with Crippen LogP contribution in [0.4, 0.5) is 0 Å². The van der Waals surface area contributed by atoms with Gasteiger partial charge in [-0.25, -0.2) is 0 Å². The lowest BCUT2D eigenvalue weighted by atomic mass is 9.77. The maximum Gasteiger partial charge on any atom is 0.234 e. The minimum Gasteiger partial charge on any atom is -0.339 e. The highest BCUT2D eigenvalue weighted by atomic mass is 35.5. The summed E-state index contributed by atoms with van der Waals surface area (Å²) >= 11 is 6.10. The molecule has 2 aromatic rings. The number of benzene rings is 1. The molecule has 0 bridgehead atoms. The molecule has 1 fully saturated rings. The Morgan fingerprint density at radius 3 is 2.67 bits per heavy atom. The first-order chi connectivity index (χ1) is 9.99. The summed E-state index contributed by atoms with van der Waals surface area (Å²) in [5.74, 6) is 1.62. The van der Waals surface area contributed by atoms with Gasteiger partial charge in [-0.15, -0.1) is 0 Å². The maximum atomic E-state index is 6.27. The number of nitrogens with zero attached hydrogens (tertiary/aromatic N) is 2. The quantitative estimate of drug-likeness (QED) is 0.932. The number of halogens is 1. The Morgan fingerprint density at radius 1 is 1.33 bits per heavy atom. The van der Waals surface area contributed by atoms with E-state index in [2.05, 4.69) is 24.0 Å². The molecule has 4 nitrogen and oxygen atoms in total. The second-order valence-corrected chi connectivity index (χ2v) is 6.68. The summed E-state index contributed by atoms with van der Waals surface area (Å²) < 4.78 is 5.52. The molecular formula is C16H20ClN3O. The van der Waals surface area contributed by atoms with Gasteiger partial charge in [-0.1, -0.05) is 42.7 Å². The molecular weight excluding hydrogens is 286 g/mol. The van der Waals surface area contributed by atoms with Gasteiger partial charge in [0, 0.05) is 5.02 Å². The van der Waals surface area contributed by atoms with Gasteiger partial charge < -0.3 is 10.3 Å². The highest BCUT2D eigenvalue weighted by molar-refractivity contribution is 6.30. The number of aromatic nitrogens is 2. The largest absolute Gasteiger partial charge is 0.339 e. The van der Waals surface area contributed by atoms with E-state index < -0.39 is 5.54 Å². The molecule has 2 N–H and O–H groups in total. The number of nitrogens with two attached hydrogens (primary N) is 1. The molecule has 3 rings (SSSR count). The molecule has 1 unspecified atom stereocenters. The van der Waals surface area contributed by atoms with Crippen LogP contribution < -0.4 is 5.73 Å². The van der Waals surface area contributed by atoms with Crippen LogP contribution in [-0.4, -0.2) is 10.1 Å². The second-order valence-electron chi connectivity index (χ2n) is 6.24. The minimum atomic E-state index is -0.391. The van der Waals surface area contributed by atoms with Gasteiger partial charge in [-0.3, -0.25) is 0 Å². The molecule has 1 atom stereocenters. The molecule has 1 aliphatic rings. The molecule has 5 heteroatoms. The van der Waals surface area contributed by atoms with Crippen LogP contribution in [0.15, 0.2) is 28.8 Å². The molecule has 0 spiro atoms. The average molecular weight is 306 g/mol. The number of hydrogen-bond acceptors (Lipinski definition) is 4. The zero-order valence-corrected chi connectivity index (χ0v) is 13.1. The Bertz CT molecular complexity index is 634. The SMILES string of the molecule is CC(C)C(c1cccc(Cl)c1)c1nc(C2(N)CCC2)no1. The second kappa shape index (κ2) is 5.43. The number of hydrogen-bond donors (Lipinski definition) is 1. The molecule has 0 radical (unpaired) electrons. The normalized spacial score (nSPS) is 18.5. The molecule has 1 aromatic carbocycles. The molecule has 1 heterocycles. The Morgan fingerprint density at radius 2 is 2.10 bits per heavy atom. The van der Waals surface area contributed by atoms with Crippen molar-refractivity contribution in [3.05, 3.63) is 46.6 Å². The highest BCUT2D eigenvalue weighted by Gasteiger charge is 2.39. The van der Waals surface area contributed by atoms with Gasteiger partial charge in [-0.2, -0.15) is 4.98 Å². The Labute approximate surface area is 129 Å². The third kappa shape index (κ3) is 2.70. The zero-order chi connectivity index (χ0) is 15.0. The van der Waals surface area contributed by atoms with Gasteiger partial charge in [0.05, 0.1) is 11.5 Å². The monoisotopic (exact) mass is 305 g/mol. The van der Waals surface area contributed by atoms with E-state index in [0.717, 1.165) is 24.8 Å². The topological polar surface area (TPSA) is 64.9 Å². The fourth-order valence-electron chi connectivity index (χ4n) is 2.86. The summed E-state index contributed by atoms with van der Waals surface area (Å²) in [5.41, 5.74) is 6.97. The van der Waals surface area contributed by atoms with Gasteiger partial charge >= 0.3 is 0 Å². The van der Waals surface area contributed by atoms with Crippen LogP contribution in [0.5, 0.6) is 0 Å². The fourth-order valence-corrected chi connectivity index (χ4v) is 3.06. The lowest BCUT2D eigenvalue weighted by Gasteiger charge is -2.34. The van der Waals surface area contributed by atoms with Crippen LogP contribution in [-0.2, 0) is 5.54 Å². The van der Waals surface area contributed by atoms with Crippen LogP contribution in [0.25, 0.3) is 0 Å². The van der Waals surface area contributed by atoms with Crippen molar-refractivity contribution >= 4 is 11.6 Å². The van der Waals surface area contributed by atoms with Gasteiger partial charge in [0.1, 0.15) is 0 Å². The van der Waals surface area contributed by atoms with E-state index in [1.54, 1.807) is 0 Å². The lowest BCUT2D eigenvalue weighted by Crippen LogP contribution is -2.44. The summed E-state index contributed by atoms with van der Waals surface area (Å²) in [5, 5.41) is 4.83. The van der Waals surface area contributed by atoms with Crippen molar-refractivity contribution in [2.75, 3.05) is 0 Å². The predicted octanol–water partition coefficient (Wildman–Crippen LogP) is 3.85. The van der Waals surface area contributed by atoms with Gasteiger partial charge in [0.15, 0.2) is 5.82 Å². The minimum absolute atomic E-state index is 0.0358. The molecule has 0 aliphatic heterocycles. The Hall–Kier alpha value is -1.39. The standard InChI is InChI=1S/C16H20ClN3O/c1-10(2)13(11-5-3-6-12(17)9-11)14-19-15(20-21-14)16(18)7-4-8-16/h3,5-6,9-10,13H,4,7-8,18H2,1-2H3. The Balaban J connectivity index is 1.95. The van der Waals surface area contributed by atoms with Gasteiger partial charge in [0.25, 0.3) is 0 Å². The summed E-state index contributed by atoms with van der Waals surface area (Å²) in [6.07, 6.45) is 2.98. The first kappa shape index (κ1) is 14.5. The molecule has 0 saturated heterocycles. The van der Waals surface area contributed by atoms with E-state index in [-0.39, 0.29) is 5.92 Å². The zero-order valence-electron chi connectivity index (χ0n) is 12.3. The van der Waals surface area contributed by atoms with Crippen LogP contribution in [0, 0.1) is 5.92 Å².